The van der Waals surface area contributed by atoms with Crippen LogP contribution in [0, 0.1) is 13.8 Å². The van der Waals surface area contributed by atoms with Crippen LogP contribution in [-0.2, 0) is 6.54 Å². The van der Waals surface area contributed by atoms with Crippen LogP contribution in [0.1, 0.15) is 23.2 Å². The van der Waals surface area contributed by atoms with Gasteiger partial charge in [0, 0.05) is 30.7 Å². The molecular weight excluding hydrogens is 230 g/mol. The van der Waals surface area contributed by atoms with Crippen molar-refractivity contribution in [2.75, 3.05) is 30.3 Å². The molecule has 3 nitrogen and oxygen atoms in total. The zero-order valence-corrected chi connectivity index (χ0v) is 11.5. The van der Waals surface area contributed by atoms with Gasteiger partial charge in [-0.1, -0.05) is 0 Å². The maximum atomic E-state index is 6.06. The molecule has 0 bridgehead atoms. The number of nitrogens with two attached hydrogens (primary N) is 1. The van der Waals surface area contributed by atoms with Crippen molar-refractivity contribution in [1.82, 2.24) is 9.88 Å². The average molecular weight is 251 g/mol. The zero-order valence-electron chi connectivity index (χ0n) is 10.7. The Hall–Kier alpha value is -0.740. The van der Waals surface area contributed by atoms with Gasteiger partial charge < -0.3 is 5.73 Å². The lowest BCUT2D eigenvalue weighted by atomic mass is 10.1. The fourth-order valence-corrected chi connectivity index (χ4v) is 3.04. The summed E-state index contributed by atoms with van der Waals surface area (Å²) in [6.07, 6.45) is 3.18. The Morgan fingerprint density at radius 3 is 3.00 bits per heavy atom. The van der Waals surface area contributed by atoms with Gasteiger partial charge in [-0.2, -0.15) is 11.8 Å². The molecule has 2 rings (SSSR count). The lowest BCUT2D eigenvalue weighted by Crippen LogP contribution is -2.26. The van der Waals surface area contributed by atoms with Gasteiger partial charge in [-0.3, -0.25) is 9.88 Å². The van der Waals surface area contributed by atoms with E-state index >= 15 is 0 Å². The topological polar surface area (TPSA) is 42.2 Å². The first-order valence-corrected chi connectivity index (χ1v) is 7.34. The number of anilines is 1. The quantitative estimate of drug-likeness (QED) is 0.875. The molecule has 2 N–H and O–H groups in total. The number of aromatic nitrogens is 1. The second kappa shape index (κ2) is 5.74. The fourth-order valence-electron chi connectivity index (χ4n) is 2.12. The highest BCUT2D eigenvalue weighted by molar-refractivity contribution is 7.99. The van der Waals surface area contributed by atoms with Crippen LogP contribution < -0.4 is 5.73 Å². The highest BCUT2D eigenvalue weighted by atomic mass is 32.2. The zero-order chi connectivity index (χ0) is 12.3. The van der Waals surface area contributed by atoms with E-state index in [2.05, 4.69) is 28.6 Å². The van der Waals surface area contributed by atoms with Crippen LogP contribution in [0.15, 0.2) is 6.20 Å². The second-order valence-electron chi connectivity index (χ2n) is 4.67. The molecule has 1 aliphatic heterocycles. The summed E-state index contributed by atoms with van der Waals surface area (Å²) in [6, 6.07) is 0. The normalized spacial score (nSPS) is 18.0. The first-order chi connectivity index (χ1) is 8.18. The first-order valence-electron chi connectivity index (χ1n) is 6.19. The second-order valence-corrected chi connectivity index (χ2v) is 5.89. The largest absolute Gasteiger partial charge is 0.398 e. The summed E-state index contributed by atoms with van der Waals surface area (Å²) in [4.78, 5) is 7.03. The Balaban J connectivity index is 2.09. The molecule has 1 saturated heterocycles. The van der Waals surface area contributed by atoms with E-state index in [-0.39, 0.29) is 0 Å². The molecular formula is C13H21N3S. The predicted molar refractivity (Wildman–Crippen MR) is 75.3 cm³/mol. The maximum Gasteiger partial charge on any atom is 0.0593 e. The summed E-state index contributed by atoms with van der Waals surface area (Å²) in [6.45, 7) is 7.39. The molecule has 0 unspecified atom stereocenters. The standard InChI is InChI=1S/C13H21N3S/c1-10-8-15-12(11(2)13(10)14)9-16-4-3-6-17-7-5-16/h8H,3-7,9H2,1-2H3,(H2,14,15). The molecule has 0 atom stereocenters. The molecule has 1 aliphatic rings. The van der Waals surface area contributed by atoms with Crippen molar-refractivity contribution in [3.05, 3.63) is 23.0 Å². The minimum absolute atomic E-state index is 0.902. The summed E-state index contributed by atoms with van der Waals surface area (Å²) >= 11 is 2.05. The van der Waals surface area contributed by atoms with Crippen LogP contribution in [0.25, 0.3) is 0 Å². The fraction of sp³-hybridized carbons (Fsp3) is 0.615. The lowest BCUT2D eigenvalue weighted by molar-refractivity contribution is 0.283. The number of hydrogen-bond acceptors (Lipinski definition) is 4. The predicted octanol–water partition coefficient (Wildman–Crippen LogP) is 2.22. The van der Waals surface area contributed by atoms with Gasteiger partial charge in [0.25, 0.3) is 0 Å². The number of thioether (sulfide) groups is 1. The smallest absolute Gasteiger partial charge is 0.0593 e. The van der Waals surface area contributed by atoms with E-state index in [0.717, 1.165) is 29.1 Å². The van der Waals surface area contributed by atoms with Gasteiger partial charge in [-0.05, 0) is 43.7 Å². The van der Waals surface area contributed by atoms with Crippen molar-refractivity contribution in [3.63, 3.8) is 0 Å². The molecule has 1 aromatic heterocycles. The Morgan fingerprint density at radius 2 is 2.18 bits per heavy atom. The average Bonchev–Trinajstić information content (AvgIpc) is 2.59. The SMILES string of the molecule is Cc1cnc(CN2CCCSCC2)c(C)c1N. The van der Waals surface area contributed by atoms with E-state index in [4.69, 9.17) is 5.73 Å². The Kier molecular flexibility index (Phi) is 4.29. The van der Waals surface area contributed by atoms with Crippen LogP contribution in [0.4, 0.5) is 5.69 Å². The van der Waals surface area contributed by atoms with E-state index in [1.54, 1.807) is 0 Å². The van der Waals surface area contributed by atoms with Gasteiger partial charge in [-0.15, -0.1) is 0 Å². The van der Waals surface area contributed by atoms with Crippen molar-refractivity contribution in [1.29, 1.82) is 0 Å². The third-order valence-electron chi connectivity index (χ3n) is 3.36. The summed E-state index contributed by atoms with van der Waals surface area (Å²) in [5, 5.41) is 0. The number of rotatable bonds is 2. The van der Waals surface area contributed by atoms with Crippen molar-refractivity contribution in [3.8, 4) is 0 Å². The van der Waals surface area contributed by atoms with Crippen LogP contribution >= 0.6 is 11.8 Å². The minimum atomic E-state index is 0.902. The van der Waals surface area contributed by atoms with Gasteiger partial charge in [-0.25, -0.2) is 0 Å². The van der Waals surface area contributed by atoms with Gasteiger partial charge in [0.2, 0.25) is 0 Å². The van der Waals surface area contributed by atoms with Gasteiger partial charge in [0.1, 0.15) is 0 Å². The van der Waals surface area contributed by atoms with E-state index in [1.807, 2.05) is 13.1 Å². The third kappa shape index (κ3) is 3.13. The van der Waals surface area contributed by atoms with Crippen LogP contribution in [0.2, 0.25) is 0 Å². The van der Waals surface area contributed by atoms with E-state index in [9.17, 15) is 0 Å². The third-order valence-corrected chi connectivity index (χ3v) is 4.41. The monoisotopic (exact) mass is 251 g/mol. The summed E-state index contributed by atoms with van der Waals surface area (Å²) in [7, 11) is 0. The van der Waals surface area contributed by atoms with Crippen LogP contribution in [-0.4, -0.2) is 34.5 Å². The van der Waals surface area contributed by atoms with Gasteiger partial charge in [0.15, 0.2) is 0 Å². The minimum Gasteiger partial charge on any atom is -0.398 e. The Bertz CT molecular complexity index is 384. The maximum absolute atomic E-state index is 6.06. The highest BCUT2D eigenvalue weighted by Gasteiger charge is 2.13. The molecule has 1 fully saturated rings. The van der Waals surface area contributed by atoms with Crippen molar-refractivity contribution in [2.24, 2.45) is 0 Å². The number of pyridine rings is 1. The molecule has 17 heavy (non-hydrogen) atoms. The Morgan fingerprint density at radius 1 is 1.35 bits per heavy atom. The van der Waals surface area contributed by atoms with Crippen LogP contribution in [0.3, 0.4) is 0 Å². The van der Waals surface area contributed by atoms with Gasteiger partial charge in [0.05, 0.1) is 5.69 Å². The van der Waals surface area contributed by atoms with Crippen molar-refractivity contribution < 1.29 is 0 Å². The molecule has 0 aromatic carbocycles. The molecule has 2 heterocycles. The molecule has 0 aliphatic carbocycles. The molecule has 0 spiro atoms. The van der Waals surface area contributed by atoms with Crippen molar-refractivity contribution in [2.45, 2.75) is 26.8 Å². The van der Waals surface area contributed by atoms with E-state index in [0.29, 0.717) is 0 Å². The molecule has 0 saturated carbocycles. The Labute approximate surface area is 108 Å². The van der Waals surface area contributed by atoms with Gasteiger partial charge >= 0.3 is 0 Å². The number of nitrogen functional groups attached to an aromatic ring is 1. The summed E-state index contributed by atoms with van der Waals surface area (Å²) in [5.74, 6) is 2.53. The molecule has 4 heteroatoms. The number of hydrogen-bond donors (Lipinski definition) is 1. The molecule has 94 valence electrons. The van der Waals surface area contributed by atoms with Crippen LogP contribution in [0.5, 0.6) is 0 Å². The summed E-state index contributed by atoms with van der Waals surface area (Å²) in [5.41, 5.74) is 10.3. The molecule has 1 aromatic rings. The van der Waals surface area contributed by atoms with Crippen molar-refractivity contribution >= 4 is 17.4 Å². The molecule has 0 amide bonds. The van der Waals surface area contributed by atoms with E-state index < -0.39 is 0 Å². The van der Waals surface area contributed by atoms with E-state index in [1.165, 1.54) is 31.0 Å². The first kappa shape index (κ1) is 12.7. The highest BCUT2D eigenvalue weighted by Crippen LogP contribution is 2.20. The summed E-state index contributed by atoms with van der Waals surface area (Å²) < 4.78 is 0. The number of nitrogens with zero attached hydrogens (tertiary/aromatic N) is 2. The number of aryl methyl sites for hydroxylation is 1. The lowest BCUT2D eigenvalue weighted by Gasteiger charge is -2.20. The molecule has 0 radical (unpaired) electrons.